The molecule has 0 radical (unpaired) electrons. The Kier molecular flexibility index (Phi) is 6.41. The minimum atomic E-state index is 0.0531. The van der Waals surface area contributed by atoms with Crippen LogP contribution in [0.3, 0.4) is 0 Å². The van der Waals surface area contributed by atoms with Gasteiger partial charge in [0.1, 0.15) is 11.9 Å². The normalized spacial score (nSPS) is 19.3. The van der Waals surface area contributed by atoms with E-state index in [-0.39, 0.29) is 12.1 Å². The first-order valence-electron chi connectivity index (χ1n) is 10.0. The molecule has 26 heavy (non-hydrogen) atoms. The van der Waals surface area contributed by atoms with Crippen LogP contribution in [0.15, 0.2) is 18.2 Å². The molecule has 2 amide bonds. The summed E-state index contributed by atoms with van der Waals surface area (Å²) in [5.41, 5.74) is 2.31. The number of rotatable bonds is 6. The van der Waals surface area contributed by atoms with Gasteiger partial charge >= 0.3 is 6.03 Å². The zero-order chi connectivity index (χ0) is 18.5. The highest BCUT2D eigenvalue weighted by Crippen LogP contribution is 2.26. The molecule has 3 rings (SSSR count). The van der Waals surface area contributed by atoms with Crippen molar-refractivity contribution in [3.8, 4) is 5.75 Å². The van der Waals surface area contributed by atoms with Crippen LogP contribution < -0.4 is 10.1 Å². The lowest BCUT2D eigenvalue weighted by Crippen LogP contribution is -2.59. The van der Waals surface area contributed by atoms with E-state index in [1.165, 1.54) is 25.9 Å². The molecular weight excluding hydrogens is 326 g/mol. The summed E-state index contributed by atoms with van der Waals surface area (Å²) in [5.74, 6) is 1.73. The molecule has 1 aromatic rings. The monoisotopic (exact) mass is 359 g/mol. The first-order chi connectivity index (χ1) is 12.6. The fourth-order valence-corrected chi connectivity index (χ4v) is 3.92. The van der Waals surface area contributed by atoms with Crippen molar-refractivity contribution in [3.63, 3.8) is 0 Å². The Balaban J connectivity index is 1.33. The van der Waals surface area contributed by atoms with Gasteiger partial charge in [-0.1, -0.05) is 25.1 Å². The largest absolute Gasteiger partial charge is 0.486 e. The number of carbonyl (C=O) groups is 1. The Hall–Kier alpha value is -1.75. The van der Waals surface area contributed by atoms with Crippen molar-refractivity contribution < 1.29 is 9.53 Å². The summed E-state index contributed by atoms with van der Waals surface area (Å²) in [6.45, 7) is 12.1. The molecule has 5 nitrogen and oxygen atoms in total. The van der Waals surface area contributed by atoms with Crippen LogP contribution in [-0.2, 0) is 0 Å². The highest BCUT2D eigenvalue weighted by molar-refractivity contribution is 5.75. The van der Waals surface area contributed by atoms with Crippen molar-refractivity contribution in [1.82, 2.24) is 15.1 Å². The van der Waals surface area contributed by atoms with Crippen LogP contribution in [0.4, 0.5) is 4.79 Å². The number of aryl methyl sites for hydroxylation is 2. The van der Waals surface area contributed by atoms with Crippen LogP contribution in [0.2, 0.25) is 0 Å². The first kappa shape index (κ1) is 19.0. The van der Waals surface area contributed by atoms with E-state index in [4.69, 9.17) is 4.74 Å². The summed E-state index contributed by atoms with van der Waals surface area (Å²) >= 11 is 0. The summed E-state index contributed by atoms with van der Waals surface area (Å²) in [7, 11) is 0. The number of hydrogen-bond donors (Lipinski definition) is 1. The molecule has 0 spiro atoms. The maximum absolute atomic E-state index is 12.2. The van der Waals surface area contributed by atoms with Crippen molar-refractivity contribution in [3.05, 3.63) is 29.3 Å². The molecule has 1 aromatic carbocycles. The fourth-order valence-electron chi connectivity index (χ4n) is 3.92. The van der Waals surface area contributed by atoms with Gasteiger partial charge in [-0.05, 0) is 69.8 Å². The molecule has 1 N–H and O–H groups in total. The predicted molar refractivity (Wildman–Crippen MR) is 105 cm³/mol. The smallest absolute Gasteiger partial charge is 0.317 e. The number of urea groups is 1. The van der Waals surface area contributed by atoms with Crippen LogP contribution in [0, 0.1) is 19.8 Å². The standard InChI is InChI=1S/C21H33N3O2/c1-4-23-12-9-18(10-13-23)8-11-22-21(25)24-14-19(15-24)26-20-16(2)6-5-7-17(20)3/h5-7,18-19H,4,8-15H2,1-3H3,(H,22,25). The van der Waals surface area contributed by atoms with E-state index in [1.54, 1.807) is 0 Å². The number of amides is 2. The second-order valence-corrected chi connectivity index (χ2v) is 7.76. The van der Waals surface area contributed by atoms with Gasteiger partial charge in [0.25, 0.3) is 0 Å². The van der Waals surface area contributed by atoms with E-state index in [0.717, 1.165) is 42.3 Å². The first-order valence-corrected chi connectivity index (χ1v) is 10.0. The van der Waals surface area contributed by atoms with Gasteiger partial charge in [-0.3, -0.25) is 0 Å². The quantitative estimate of drug-likeness (QED) is 0.848. The van der Waals surface area contributed by atoms with E-state index in [2.05, 4.69) is 43.1 Å². The molecule has 2 aliphatic rings. The number of piperidine rings is 1. The summed E-state index contributed by atoms with van der Waals surface area (Å²) in [6.07, 6.45) is 3.73. The predicted octanol–water partition coefficient (Wildman–Crippen LogP) is 3.20. The van der Waals surface area contributed by atoms with Gasteiger partial charge < -0.3 is 19.9 Å². The lowest BCUT2D eigenvalue weighted by molar-refractivity contribution is 0.0434. The molecule has 0 saturated carbocycles. The molecule has 2 saturated heterocycles. The van der Waals surface area contributed by atoms with Gasteiger partial charge in [0.05, 0.1) is 13.1 Å². The lowest BCUT2D eigenvalue weighted by Gasteiger charge is -2.39. The van der Waals surface area contributed by atoms with Crippen LogP contribution >= 0.6 is 0 Å². The summed E-state index contributed by atoms with van der Waals surface area (Å²) in [6, 6.07) is 6.23. The van der Waals surface area contributed by atoms with E-state index in [9.17, 15) is 4.79 Å². The number of para-hydroxylation sites is 1. The number of hydrogen-bond acceptors (Lipinski definition) is 3. The molecule has 144 valence electrons. The number of carbonyl (C=O) groups excluding carboxylic acids is 1. The van der Waals surface area contributed by atoms with Crippen molar-refractivity contribution in [2.45, 2.75) is 46.1 Å². The Labute approximate surface area is 157 Å². The van der Waals surface area contributed by atoms with Gasteiger partial charge in [0, 0.05) is 6.54 Å². The summed E-state index contributed by atoms with van der Waals surface area (Å²) in [4.78, 5) is 16.6. The average molecular weight is 360 g/mol. The van der Waals surface area contributed by atoms with Crippen LogP contribution in [0.5, 0.6) is 5.75 Å². The Morgan fingerprint density at radius 2 is 1.85 bits per heavy atom. The van der Waals surface area contributed by atoms with Gasteiger partial charge in [-0.25, -0.2) is 4.79 Å². The molecular formula is C21H33N3O2. The Bertz CT molecular complexity index is 585. The minimum absolute atomic E-state index is 0.0531. The third kappa shape index (κ3) is 4.70. The van der Waals surface area contributed by atoms with Crippen molar-refractivity contribution in [1.29, 1.82) is 0 Å². The van der Waals surface area contributed by atoms with Crippen molar-refractivity contribution in [2.24, 2.45) is 5.92 Å². The molecule has 5 heteroatoms. The highest BCUT2D eigenvalue weighted by atomic mass is 16.5. The molecule has 0 aliphatic carbocycles. The Morgan fingerprint density at radius 1 is 1.19 bits per heavy atom. The lowest BCUT2D eigenvalue weighted by atomic mass is 9.93. The molecule has 0 unspecified atom stereocenters. The van der Waals surface area contributed by atoms with Crippen LogP contribution in [0.25, 0.3) is 0 Å². The Morgan fingerprint density at radius 3 is 2.46 bits per heavy atom. The van der Waals surface area contributed by atoms with Crippen molar-refractivity contribution >= 4 is 6.03 Å². The third-order valence-corrected chi connectivity index (χ3v) is 5.81. The maximum Gasteiger partial charge on any atom is 0.317 e. The van der Waals surface area contributed by atoms with E-state index < -0.39 is 0 Å². The maximum atomic E-state index is 12.2. The highest BCUT2D eigenvalue weighted by Gasteiger charge is 2.32. The van der Waals surface area contributed by atoms with Crippen molar-refractivity contribution in [2.75, 3.05) is 39.3 Å². The molecule has 0 bridgehead atoms. The van der Waals surface area contributed by atoms with E-state index in [1.807, 2.05) is 11.0 Å². The average Bonchev–Trinajstić information content (AvgIpc) is 2.60. The second-order valence-electron chi connectivity index (χ2n) is 7.76. The van der Waals surface area contributed by atoms with Crippen LogP contribution in [0.1, 0.15) is 37.3 Å². The summed E-state index contributed by atoms with van der Waals surface area (Å²) < 4.78 is 6.09. The molecule has 0 aromatic heterocycles. The van der Waals surface area contributed by atoms with Gasteiger partial charge in [-0.15, -0.1) is 0 Å². The number of nitrogens with one attached hydrogen (secondary N) is 1. The van der Waals surface area contributed by atoms with E-state index in [0.29, 0.717) is 13.1 Å². The fraction of sp³-hybridized carbons (Fsp3) is 0.667. The third-order valence-electron chi connectivity index (χ3n) is 5.81. The summed E-state index contributed by atoms with van der Waals surface area (Å²) in [5, 5.41) is 3.08. The topological polar surface area (TPSA) is 44.8 Å². The molecule has 0 atom stereocenters. The van der Waals surface area contributed by atoms with Gasteiger partial charge in [-0.2, -0.15) is 0 Å². The number of likely N-dealkylation sites (tertiary alicyclic amines) is 2. The number of nitrogens with zero attached hydrogens (tertiary/aromatic N) is 2. The van der Waals surface area contributed by atoms with Gasteiger partial charge in [0.15, 0.2) is 0 Å². The van der Waals surface area contributed by atoms with E-state index >= 15 is 0 Å². The number of ether oxygens (including phenoxy) is 1. The van der Waals surface area contributed by atoms with Gasteiger partial charge in [0.2, 0.25) is 0 Å². The minimum Gasteiger partial charge on any atom is -0.486 e. The zero-order valence-corrected chi connectivity index (χ0v) is 16.5. The SMILES string of the molecule is CCN1CCC(CCNC(=O)N2CC(Oc3c(C)cccc3C)C2)CC1. The zero-order valence-electron chi connectivity index (χ0n) is 16.5. The molecule has 2 aliphatic heterocycles. The molecule has 2 heterocycles. The second kappa shape index (κ2) is 8.76. The van der Waals surface area contributed by atoms with Crippen LogP contribution in [-0.4, -0.2) is 61.2 Å². The molecule has 2 fully saturated rings. The number of benzene rings is 1.